The smallest absolute Gasteiger partial charge is 0.166 e. The van der Waals surface area contributed by atoms with Crippen molar-refractivity contribution in [3.8, 4) is 0 Å². The van der Waals surface area contributed by atoms with Gasteiger partial charge in [-0.3, -0.25) is 15.0 Å². The maximum absolute atomic E-state index is 14.4. The molecule has 3 aromatic rings. The maximum Gasteiger partial charge on any atom is 0.166 e. The minimum absolute atomic E-state index is 0.295. The minimum Gasteiger partial charge on any atom is -0.378 e. The number of fused-ring (bicyclic) bond motifs is 1. The van der Waals surface area contributed by atoms with Gasteiger partial charge in [-0.2, -0.15) is 0 Å². The molecule has 0 aliphatic carbocycles. The highest BCUT2D eigenvalue weighted by Gasteiger charge is 2.18. The average Bonchev–Trinajstić information content (AvgIpc) is 2.67. The zero-order valence-corrected chi connectivity index (χ0v) is 13.7. The number of hydrogen-bond donors (Lipinski definition) is 2. The third-order valence-corrected chi connectivity index (χ3v) is 4.32. The second kappa shape index (κ2) is 6.98. The average molecular weight is 338 g/mol. The summed E-state index contributed by atoms with van der Waals surface area (Å²) in [5.41, 5.74) is 4.07. The number of halogens is 1. The van der Waals surface area contributed by atoms with Gasteiger partial charge in [0.25, 0.3) is 0 Å². The summed E-state index contributed by atoms with van der Waals surface area (Å²) in [6.07, 6.45) is 6.31. The standard InChI is InChI=1S/C18H19FN6/c19-14-11-21-12-17(18(14)25-7-5-20-6-8-25)24-10-13-1-2-15-16(9-13)23-4-3-22-15/h1-4,9,11-12,20,24H,5-8,10H2. The van der Waals surface area contributed by atoms with E-state index < -0.39 is 0 Å². The fourth-order valence-electron chi connectivity index (χ4n) is 3.08. The Bertz CT molecular complexity index is 878. The number of nitrogens with one attached hydrogen (secondary N) is 2. The van der Waals surface area contributed by atoms with Crippen LogP contribution < -0.4 is 15.5 Å². The van der Waals surface area contributed by atoms with Gasteiger partial charge in [-0.25, -0.2) is 4.39 Å². The second-order valence-electron chi connectivity index (χ2n) is 5.99. The number of piperazine rings is 1. The lowest BCUT2D eigenvalue weighted by atomic mass is 10.2. The minimum atomic E-state index is -0.295. The van der Waals surface area contributed by atoms with Crippen LogP contribution in [0.2, 0.25) is 0 Å². The SMILES string of the molecule is Fc1cncc(NCc2ccc3nccnc3c2)c1N1CCNCC1. The van der Waals surface area contributed by atoms with E-state index in [4.69, 9.17) is 0 Å². The van der Waals surface area contributed by atoms with Gasteiger partial charge in [-0.05, 0) is 17.7 Å². The number of benzene rings is 1. The van der Waals surface area contributed by atoms with Crippen molar-refractivity contribution in [3.05, 3.63) is 54.4 Å². The summed E-state index contributed by atoms with van der Waals surface area (Å²) in [5, 5.41) is 6.60. The molecule has 3 heterocycles. The van der Waals surface area contributed by atoms with Gasteiger partial charge in [-0.1, -0.05) is 6.07 Å². The predicted molar refractivity (Wildman–Crippen MR) is 96.1 cm³/mol. The van der Waals surface area contributed by atoms with Crippen LogP contribution in [-0.2, 0) is 6.54 Å². The van der Waals surface area contributed by atoms with E-state index in [0.29, 0.717) is 17.9 Å². The van der Waals surface area contributed by atoms with Crippen molar-refractivity contribution >= 4 is 22.4 Å². The molecule has 1 fully saturated rings. The van der Waals surface area contributed by atoms with Crippen LogP contribution in [0.1, 0.15) is 5.56 Å². The number of rotatable bonds is 4. The molecule has 2 N–H and O–H groups in total. The largest absolute Gasteiger partial charge is 0.378 e. The van der Waals surface area contributed by atoms with Gasteiger partial charge in [0.2, 0.25) is 0 Å². The molecule has 25 heavy (non-hydrogen) atoms. The molecule has 0 saturated carbocycles. The Kier molecular flexibility index (Phi) is 4.39. The van der Waals surface area contributed by atoms with Crippen LogP contribution in [0.5, 0.6) is 0 Å². The van der Waals surface area contributed by atoms with Crippen LogP contribution in [0.3, 0.4) is 0 Å². The normalized spacial score (nSPS) is 14.7. The summed E-state index contributed by atoms with van der Waals surface area (Å²) < 4.78 is 14.4. The van der Waals surface area contributed by atoms with Crippen LogP contribution in [-0.4, -0.2) is 41.1 Å². The second-order valence-corrected chi connectivity index (χ2v) is 5.99. The molecule has 0 unspecified atom stereocenters. The van der Waals surface area contributed by atoms with Crippen molar-refractivity contribution in [2.45, 2.75) is 6.54 Å². The highest BCUT2D eigenvalue weighted by Crippen LogP contribution is 2.29. The predicted octanol–water partition coefficient (Wildman–Crippen LogP) is 2.19. The molecular weight excluding hydrogens is 319 g/mol. The Morgan fingerprint density at radius 3 is 2.72 bits per heavy atom. The highest BCUT2D eigenvalue weighted by atomic mass is 19.1. The number of nitrogens with zero attached hydrogens (tertiary/aromatic N) is 4. The molecule has 1 aliphatic heterocycles. The highest BCUT2D eigenvalue weighted by molar-refractivity contribution is 5.75. The van der Waals surface area contributed by atoms with E-state index in [-0.39, 0.29) is 5.82 Å². The molecule has 1 saturated heterocycles. The fraction of sp³-hybridized carbons (Fsp3) is 0.278. The third-order valence-electron chi connectivity index (χ3n) is 4.32. The first kappa shape index (κ1) is 15.7. The van der Waals surface area contributed by atoms with E-state index in [9.17, 15) is 4.39 Å². The lowest BCUT2D eigenvalue weighted by Crippen LogP contribution is -2.44. The molecule has 6 nitrogen and oxygen atoms in total. The molecule has 0 radical (unpaired) electrons. The molecule has 0 spiro atoms. The number of aromatic nitrogens is 3. The van der Waals surface area contributed by atoms with Crippen molar-refractivity contribution in [2.24, 2.45) is 0 Å². The van der Waals surface area contributed by atoms with Crippen LogP contribution in [0, 0.1) is 5.82 Å². The zero-order chi connectivity index (χ0) is 17.1. The summed E-state index contributed by atoms with van der Waals surface area (Å²) in [7, 11) is 0. The maximum atomic E-state index is 14.4. The van der Waals surface area contributed by atoms with Gasteiger partial charge in [0.1, 0.15) is 0 Å². The Balaban J connectivity index is 1.56. The Morgan fingerprint density at radius 2 is 1.88 bits per heavy atom. The van der Waals surface area contributed by atoms with Crippen molar-refractivity contribution in [2.75, 3.05) is 36.4 Å². The van der Waals surface area contributed by atoms with E-state index in [1.165, 1.54) is 6.20 Å². The first-order chi connectivity index (χ1) is 12.3. The lowest BCUT2D eigenvalue weighted by molar-refractivity contribution is 0.564. The topological polar surface area (TPSA) is 66.0 Å². The summed E-state index contributed by atoms with van der Waals surface area (Å²) in [6.45, 7) is 3.83. The Hall–Kier alpha value is -2.80. The van der Waals surface area contributed by atoms with E-state index in [2.05, 4.69) is 30.5 Å². The molecular formula is C18H19FN6. The summed E-state index contributed by atoms with van der Waals surface area (Å²) in [5.74, 6) is -0.295. The number of pyridine rings is 1. The quantitative estimate of drug-likeness (QED) is 0.760. The number of hydrogen-bond acceptors (Lipinski definition) is 6. The molecule has 1 aliphatic rings. The Morgan fingerprint density at radius 1 is 1.08 bits per heavy atom. The molecule has 0 bridgehead atoms. The van der Waals surface area contributed by atoms with Gasteiger partial charge in [-0.15, -0.1) is 0 Å². The van der Waals surface area contributed by atoms with Crippen LogP contribution in [0.4, 0.5) is 15.8 Å². The monoisotopic (exact) mass is 338 g/mol. The Labute approximate surface area is 145 Å². The molecule has 2 aromatic heterocycles. The van der Waals surface area contributed by atoms with Crippen LogP contribution in [0.15, 0.2) is 43.0 Å². The van der Waals surface area contributed by atoms with Crippen molar-refractivity contribution in [3.63, 3.8) is 0 Å². The van der Waals surface area contributed by atoms with E-state index >= 15 is 0 Å². The van der Waals surface area contributed by atoms with Gasteiger partial charge in [0, 0.05) is 45.1 Å². The van der Waals surface area contributed by atoms with E-state index in [0.717, 1.165) is 42.8 Å². The van der Waals surface area contributed by atoms with Crippen molar-refractivity contribution in [1.29, 1.82) is 0 Å². The molecule has 4 rings (SSSR count). The molecule has 7 heteroatoms. The van der Waals surface area contributed by atoms with Crippen molar-refractivity contribution in [1.82, 2.24) is 20.3 Å². The first-order valence-electron chi connectivity index (χ1n) is 8.34. The molecule has 0 atom stereocenters. The van der Waals surface area contributed by atoms with Gasteiger partial charge in [0.15, 0.2) is 5.82 Å². The van der Waals surface area contributed by atoms with Gasteiger partial charge < -0.3 is 15.5 Å². The lowest BCUT2D eigenvalue weighted by Gasteiger charge is -2.31. The van der Waals surface area contributed by atoms with Crippen LogP contribution in [0.25, 0.3) is 11.0 Å². The first-order valence-corrected chi connectivity index (χ1v) is 8.34. The van der Waals surface area contributed by atoms with E-state index in [1.807, 2.05) is 18.2 Å². The number of anilines is 2. The zero-order valence-electron chi connectivity index (χ0n) is 13.7. The van der Waals surface area contributed by atoms with E-state index in [1.54, 1.807) is 18.6 Å². The molecule has 1 aromatic carbocycles. The summed E-state index contributed by atoms with van der Waals surface area (Å²) in [4.78, 5) is 14.7. The van der Waals surface area contributed by atoms with Gasteiger partial charge in [0.05, 0.1) is 34.8 Å². The van der Waals surface area contributed by atoms with Crippen molar-refractivity contribution < 1.29 is 4.39 Å². The summed E-state index contributed by atoms with van der Waals surface area (Å²) >= 11 is 0. The summed E-state index contributed by atoms with van der Waals surface area (Å²) in [6, 6.07) is 5.94. The van der Waals surface area contributed by atoms with Gasteiger partial charge >= 0.3 is 0 Å². The fourth-order valence-corrected chi connectivity index (χ4v) is 3.08. The molecule has 128 valence electrons. The third kappa shape index (κ3) is 3.36. The molecule has 0 amide bonds. The van der Waals surface area contributed by atoms with Crippen LogP contribution >= 0.6 is 0 Å².